The van der Waals surface area contributed by atoms with Gasteiger partial charge in [0, 0.05) is 24.4 Å². The van der Waals surface area contributed by atoms with Crippen LogP contribution in [0.1, 0.15) is 6.42 Å². The molecule has 2 heterocycles. The molecule has 2 unspecified atom stereocenters. The molecule has 0 aromatic heterocycles. The number of carbonyl (C=O) groups excluding carboxylic acids is 2. The highest BCUT2D eigenvalue weighted by atomic mass is 16.6. The van der Waals surface area contributed by atoms with Crippen molar-refractivity contribution in [1.29, 1.82) is 0 Å². The topological polar surface area (TPSA) is 93.0 Å². The van der Waals surface area contributed by atoms with Crippen LogP contribution in [0.2, 0.25) is 0 Å². The Kier molecular flexibility index (Phi) is 3.73. The molecule has 120 valence electrons. The third-order valence-corrected chi connectivity index (χ3v) is 4.06. The number of nitro groups is 1. The molecule has 0 spiro atoms. The number of fused-ring (bicyclic) bond motifs is 2. The number of carbonyl (C=O) groups is 2. The van der Waals surface area contributed by atoms with Crippen LogP contribution in [0.4, 0.5) is 16.2 Å². The second-order valence-corrected chi connectivity index (χ2v) is 5.41. The maximum Gasteiger partial charge on any atom is 0.410 e. The van der Waals surface area contributed by atoms with Crippen molar-refractivity contribution < 1.29 is 19.2 Å². The Labute approximate surface area is 132 Å². The highest BCUT2D eigenvalue weighted by Crippen LogP contribution is 2.36. The van der Waals surface area contributed by atoms with Crippen LogP contribution < -0.4 is 4.90 Å². The summed E-state index contributed by atoms with van der Waals surface area (Å²) >= 11 is 0. The summed E-state index contributed by atoms with van der Waals surface area (Å²) < 4.78 is 4.98. The fourth-order valence-electron chi connectivity index (χ4n) is 3.06. The zero-order valence-corrected chi connectivity index (χ0v) is 12.3. The number of anilines is 1. The lowest BCUT2D eigenvalue weighted by Crippen LogP contribution is -2.52. The molecule has 0 saturated carbocycles. The first kappa shape index (κ1) is 15.0. The van der Waals surface area contributed by atoms with Crippen molar-refractivity contribution in [2.24, 2.45) is 0 Å². The van der Waals surface area contributed by atoms with Gasteiger partial charge in [0.25, 0.3) is 5.69 Å². The van der Waals surface area contributed by atoms with Gasteiger partial charge in [-0.2, -0.15) is 0 Å². The Morgan fingerprint density at radius 1 is 1.43 bits per heavy atom. The molecule has 8 nitrogen and oxygen atoms in total. The average Bonchev–Trinajstić information content (AvgIpc) is 3.10. The van der Waals surface area contributed by atoms with Gasteiger partial charge in [0.15, 0.2) is 0 Å². The molecule has 0 aliphatic carbocycles. The lowest BCUT2D eigenvalue weighted by molar-refractivity contribution is -0.384. The predicted molar refractivity (Wildman–Crippen MR) is 81.0 cm³/mol. The Balaban J connectivity index is 1.74. The van der Waals surface area contributed by atoms with Crippen molar-refractivity contribution in [3.05, 3.63) is 47.0 Å². The molecule has 3 rings (SSSR count). The van der Waals surface area contributed by atoms with Crippen molar-refractivity contribution >= 4 is 23.4 Å². The summed E-state index contributed by atoms with van der Waals surface area (Å²) in [6.07, 6.45) is 1.49. The second kappa shape index (κ2) is 5.71. The number of rotatable bonds is 4. The van der Waals surface area contributed by atoms with E-state index in [1.807, 2.05) is 0 Å². The summed E-state index contributed by atoms with van der Waals surface area (Å²) in [5.41, 5.74) is 0.576. The van der Waals surface area contributed by atoms with E-state index >= 15 is 0 Å². The molecular formula is C15H15N3O5. The summed E-state index contributed by atoms with van der Waals surface area (Å²) in [5, 5.41) is 10.7. The molecule has 8 heteroatoms. The lowest BCUT2D eigenvalue weighted by atomic mass is 10.2. The minimum absolute atomic E-state index is 0.0276. The summed E-state index contributed by atoms with van der Waals surface area (Å²) in [7, 11) is 0. The number of piperazine rings is 1. The number of nitrogens with zero attached hydrogens (tertiary/aromatic N) is 3. The zero-order chi connectivity index (χ0) is 16.6. The maximum absolute atomic E-state index is 12.5. The zero-order valence-electron chi connectivity index (χ0n) is 12.3. The van der Waals surface area contributed by atoms with E-state index in [2.05, 4.69) is 6.58 Å². The van der Waals surface area contributed by atoms with Crippen molar-refractivity contribution in [3.8, 4) is 0 Å². The van der Waals surface area contributed by atoms with Gasteiger partial charge < -0.3 is 9.64 Å². The molecular weight excluding hydrogens is 302 g/mol. The van der Waals surface area contributed by atoms with Gasteiger partial charge in [-0.3, -0.25) is 19.8 Å². The van der Waals surface area contributed by atoms with Crippen LogP contribution in [-0.4, -0.2) is 47.1 Å². The monoisotopic (exact) mass is 317 g/mol. The molecule has 23 heavy (non-hydrogen) atoms. The summed E-state index contributed by atoms with van der Waals surface area (Å²) in [5.74, 6) is -0.189. The van der Waals surface area contributed by atoms with Crippen LogP contribution >= 0.6 is 0 Å². The van der Waals surface area contributed by atoms with Gasteiger partial charge in [-0.15, -0.1) is 0 Å². The van der Waals surface area contributed by atoms with Gasteiger partial charge in [0.05, 0.1) is 11.0 Å². The van der Waals surface area contributed by atoms with Gasteiger partial charge in [0.2, 0.25) is 5.91 Å². The standard InChI is InChI=1S/C15H15N3O5/c1-2-7-23-15(20)16-9-12-8-13(16)14(19)17(12)10-3-5-11(6-4-10)18(21)22/h2-6,12-13H,1,7-9H2. The van der Waals surface area contributed by atoms with E-state index < -0.39 is 17.1 Å². The molecule has 2 fully saturated rings. The first-order chi connectivity index (χ1) is 11.0. The van der Waals surface area contributed by atoms with Gasteiger partial charge >= 0.3 is 6.09 Å². The molecule has 2 aliphatic rings. The molecule has 2 aliphatic heterocycles. The van der Waals surface area contributed by atoms with Crippen LogP contribution in [0, 0.1) is 10.1 Å². The van der Waals surface area contributed by atoms with E-state index in [-0.39, 0.29) is 24.2 Å². The fourth-order valence-corrected chi connectivity index (χ4v) is 3.06. The van der Waals surface area contributed by atoms with E-state index in [4.69, 9.17) is 4.74 Å². The number of likely N-dealkylation sites (tertiary alicyclic amines) is 1. The first-order valence-electron chi connectivity index (χ1n) is 7.14. The minimum atomic E-state index is -0.535. The van der Waals surface area contributed by atoms with E-state index in [9.17, 15) is 19.7 Å². The van der Waals surface area contributed by atoms with Gasteiger partial charge in [-0.1, -0.05) is 12.7 Å². The van der Waals surface area contributed by atoms with Crippen molar-refractivity contribution in [2.75, 3.05) is 18.1 Å². The highest BCUT2D eigenvalue weighted by molar-refractivity contribution is 6.03. The number of non-ortho nitro benzene ring substituents is 1. The number of hydrogen-bond donors (Lipinski definition) is 0. The molecule has 2 atom stereocenters. The third-order valence-electron chi connectivity index (χ3n) is 4.06. The van der Waals surface area contributed by atoms with E-state index in [0.29, 0.717) is 18.7 Å². The summed E-state index contributed by atoms with van der Waals surface area (Å²) in [4.78, 5) is 37.6. The lowest BCUT2D eigenvalue weighted by Gasteiger charge is -2.33. The quantitative estimate of drug-likeness (QED) is 0.479. The molecule has 2 amide bonds. The Morgan fingerprint density at radius 2 is 2.13 bits per heavy atom. The second-order valence-electron chi connectivity index (χ2n) is 5.41. The molecule has 1 aromatic carbocycles. The molecule has 2 bridgehead atoms. The number of benzene rings is 1. The van der Waals surface area contributed by atoms with Crippen molar-refractivity contribution in [3.63, 3.8) is 0 Å². The minimum Gasteiger partial charge on any atom is -0.445 e. The normalized spacial score (nSPS) is 22.3. The molecule has 2 saturated heterocycles. The molecule has 0 N–H and O–H groups in total. The number of hydrogen-bond acceptors (Lipinski definition) is 5. The number of nitro benzene ring substituents is 1. The first-order valence-corrected chi connectivity index (χ1v) is 7.14. The van der Waals surface area contributed by atoms with Crippen LogP contribution in [0.5, 0.6) is 0 Å². The van der Waals surface area contributed by atoms with Gasteiger partial charge in [0.1, 0.15) is 12.6 Å². The number of amides is 2. The average molecular weight is 317 g/mol. The smallest absolute Gasteiger partial charge is 0.410 e. The van der Waals surface area contributed by atoms with Crippen LogP contribution in [0.15, 0.2) is 36.9 Å². The largest absolute Gasteiger partial charge is 0.445 e. The fraction of sp³-hybridized carbons (Fsp3) is 0.333. The van der Waals surface area contributed by atoms with Crippen molar-refractivity contribution in [2.45, 2.75) is 18.5 Å². The van der Waals surface area contributed by atoms with Crippen LogP contribution in [0.3, 0.4) is 0 Å². The molecule has 0 radical (unpaired) electrons. The van der Waals surface area contributed by atoms with Gasteiger partial charge in [-0.05, 0) is 18.6 Å². The van der Waals surface area contributed by atoms with Gasteiger partial charge in [-0.25, -0.2) is 4.79 Å². The van der Waals surface area contributed by atoms with Crippen LogP contribution in [0.25, 0.3) is 0 Å². The molecule has 1 aromatic rings. The van der Waals surface area contributed by atoms with E-state index in [1.165, 1.54) is 23.1 Å². The predicted octanol–water partition coefficient (Wildman–Crippen LogP) is 1.71. The van der Waals surface area contributed by atoms with Crippen LogP contribution in [-0.2, 0) is 9.53 Å². The summed E-state index contributed by atoms with van der Waals surface area (Å²) in [6, 6.07) is 5.17. The Hall–Kier alpha value is -2.90. The highest BCUT2D eigenvalue weighted by Gasteiger charge is 2.52. The Bertz CT molecular complexity index is 672. The SMILES string of the molecule is C=CCOC(=O)N1CC2CC1C(=O)N2c1ccc([N+](=O)[O-])cc1. The van der Waals surface area contributed by atoms with Crippen molar-refractivity contribution in [1.82, 2.24) is 4.90 Å². The summed E-state index contributed by atoms with van der Waals surface area (Å²) in [6.45, 7) is 3.97. The van der Waals surface area contributed by atoms with E-state index in [1.54, 1.807) is 17.0 Å². The number of ether oxygens (including phenoxy) is 1. The maximum atomic E-state index is 12.5. The third kappa shape index (κ3) is 2.52. The Morgan fingerprint density at radius 3 is 2.70 bits per heavy atom. The van der Waals surface area contributed by atoms with E-state index in [0.717, 1.165) is 0 Å².